The summed E-state index contributed by atoms with van der Waals surface area (Å²) in [6, 6.07) is 8.48. The molecule has 0 aliphatic carbocycles. The summed E-state index contributed by atoms with van der Waals surface area (Å²) in [4.78, 5) is 11.3. The molecule has 8 nitrogen and oxygen atoms in total. The Balaban J connectivity index is 2.42. The number of ether oxygens (including phenoxy) is 4. The van der Waals surface area contributed by atoms with Gasteiger partial charge in [-0.2, -0.15) is 10.2 Å². The van der Waals surface area contributed by atoms with Crippen molar-refractivity contribution in [1.82, 2.24) is 0 Å². The molecule has 2 aromatic rings. The van der Waals surface area contributed by atoms with Crippen molar-refractivity contribution in [1.29, 1.82) is 0 Å². The lowest BCUT2D eigenvalue weighted by Gasteiger charge is -2.12. The molecule has 0 spiro atoms. The van der Waals surface area contributed by atoms with Crippen molar-refractivity contribution in [3.8, 4) is 23.0 Å². The van der Waals surface area contributed by atoms with Crippen LogP contribution in [0.4, 0.5) is 11.4 Å². The average Bonchev–Trinajstić information content (AvgIpc) is 2.65. The molecule has 2 aromatic carbocycles. The molecule has 1 amide bonds. The van der Waals surface area contributed by atoms with E-state index >= 15 is 0 Å². The van der Waals surface area contributed by atoms with E-state index in [1.54, 1.807) is 37.4 Å². The molecule has 2 rings (SSSR count). The minimum atomic E-state index is -0.470. The van der Waals surface area contributed by atoms with Gasteiger partial charge in [-0.05, 0) is 23.8 Å². The van der Waals surface area contributed by atoms with Gasteiger partial charge in [0.05, 0.1) is 46.2 Å². The monoisotopic (exact) mass is 359 g/mol. The van der Waals surface area contributed by atoms with Gasteiger partial charge in [-0.25, -0.2) is 0 Å². The molecule has 138 valence electrons. The number of carbonyl (C=O) groups excluding carboxylic acids is 1. The molecule has 0 bridgehead atoms. The third-order valence-corrected chi connectivity index (χ3v) is 3.57. The summed E-state index contributed by atoms with van der Waals surface area (Å²) >= 11 is 0. The zero-order valence-electron chi connectivity index (χ0n) is 15.1. The first-order valence-electron chi connectivity index (χ1n) is 7.69. The number of hydrogen-bond donors (Lipinski definition) is 1. The quantitative estimate of drug-likeness (QED) is 0.729. The lowest BCUT2D eigenvalue weighted by molar-refractivity contribution is -0.117. The van der Waals surface area contributed by atoms with Crippen molar-refractivity contribution in [2.75, 3.05) is 28.4 Å². The molecule has 0 saturated heterocycles. The van der Waals surface area contributed by atoms with E-state index in [-0.39, 0.29) is 6.42 Å². The second-order valence-electron chi connectivity index (χ2n) is 5.22. The topological polar surface area (TPSA) is 105 Å². The molecule has 0 atom stereocenters. The average molecular weight is 359 g/mol. The number of nitrogens with two attached hydrogens (primary N) is 1. The molecule has 0 unspecified atom stereocenters. The van der Waals surface area contributed by atoms with Crippen molar-refractivity contribution in [2.24, 2.45) is 16.0 Å². The number of amides is 1. The molecule has 26 heavy (non-hydrogen) atoms. The van der Waals surface area contributed by atoms with Crippen LogP contribution in [0.3, 0.4) is 0 Å². The molecule has 0 saturated carbocycles. The highest BCUT2D eigenvalue weighted by Crippen LogP contribution is 2.41. The molecule has 8 heteroatoms. The fourth-order valence-corrected chi connectivity index (χ4v) is 2.35. The summed E-state index contributed by atoms with van der Waals surface area (Å²) in [7, 11) is 6.11. The number of benzene rings is 2. The Morgan fingerprint density at radius 3 is 2.08 bits per heavy atom. The van der Waals surface area contributed by atoms with Crippen LogP contribution in [0.15, 0.2) is 40.6 Å². The summed E-state index contributed by atoms with van der Waals surface area (Å²) in [5.41, 5.74) is 6.93. The number of carbonyl (C=O) groups is 1. The van der Waals surface area contributed by atoms with Crippen molar-refractivity contribution in [3.05, 3.63) is 35.9 Å². The van der Waals surface area contributed by atoms with Crippen molar-refractivity contribution < 1.29 is 23.7 Å². The number of rotatable bonds is 8. The third-order valence-electron chi connectivity index (χ3n) is 3.57. The lowest BCUT2D eigenvalue weighted by Crippen LogP contribution is -2.13. The zero-order chi connectivity index (χ0) is 19.1. The summed E-state index contributed by atoms with van der Waals surface area (Å²) in [6.45, 7) is 0. The second-order valence-corrected chi connectivity index (χ2v) is 5.22. The van der Waals surface area contributed by atoms with E-state index in [2.05, 4.69) is 10.2 Å². The molecule has 0 aromatic heterocycles. The molecule has 0 radical (unpaired) electrons. The van der Waals surface area contributed by atoms with Gasteiger partial charge in [0.15, 0.2) is 11.5 Å². The van der Waals surface area contributed by atoms with E-state index in [1.807, 2.05) is 0 Å². The van der Waals surface area contributed by atoms with Crippen LogP contribution < -0.4 is 24.7 Å². The van der Waals surface area contributed by atoms with E-state index < -0.39 is 5.91 Å². The van der Waals surface area contributed by atoms with Gasteiger partial charge >= 0.3 is 0 Å². The predicted octanol–water partition coefficient (Wildman–Crippen LogP) is 3.16. The fraction of sp³-hybridized carbons (Fsp3) is 0.278. The lowest BCUT2D eigenvalue weighted by atomic mass is 10.1. The summed E-state index contributed by atoms with van der Waals surface area (Å²) in [6.07, 6.45) is 0.0286. The largest absolute Gasteiger partial charge is 0.497 e. The van der Waals surface area contributed by atoms with Crippen LogP contribution in [0.2, 0.25) is 0 Å². The van der Waals surface area contributed by atoms with Gasteiger partial charge in [0, 0.05) is 12.1 Å². The van der Waals surface area contributed by atoms with E-state index in [9.17, 15) is 4.79 Å². The molecule has 0 aliphatic heterocycles. The van der Waals surface area contributed by atoms with Gasteiger partial charge in [-0.3, -0.25) is 4.79 Å². The van der Waals surface area contributed by atoms with Crippen LogP contribution in [0.1, 0.15) is 5.56 Å². The van der Waals surface area contributed by atoms with Crippen LogP contribution >= 0.6 is 0 Å². The minimum Gasteiger partial charge on any atom is -0.497 e. The highest BCUT2D eigenvalue weighted by molar-refractivity contribution is 5.78. The molecular formula is C18H21N3O5. The Morgan fingerprint density at radius 1 is 0.923 bits per heavy atom. The number of primary amides is 1. The maximum atomic E-state index is 11.3. The molecule has 0 fully saturated rings. The highest BCUT2D eigenvalue weighted by Gasteiger charge is 2.13. The Hall–Kier alpha value is -3.29. The predicted molar refractivity (Wildman–Crippen MR) is 96.2 cm³/mol. The van der Waals surface area contributed by atoms with Gasteiger partial charge in [0.1, 0.15) is 5.75 Å². The van der Waals surface area contributed by atoms with Gasteiger partial charge in [-0.1, -0.05) is 0 Å². The molecular weight excluding hydrogens is 338 g/mol. The number of hydrogen-bond acceptors (Lipinski definition) is 7. The van der Waals surface area contributed by atoms with E-state index in [1.165, 1.54) is 21.3 Å². The number of methoxy groups -OCH3 is 4. The van der Waals surface area contributed by atoms with Crippen LogP contribution in [-0.2, 0) is 11.2 Å². The summed E-state index contributed by atoms with van der Waals surface area (Å²) < 4.78 is 21.0. The minimum absolute atomic E-state index is 0.0286. The normalized spacial score (nSPS) is 10.6. The van der Waals surface area contributed by atoms with Gasteiger partial charge in [-0.15, -0.1) is 0 Å². The Kier molecular flexibility index (Phi) is 6.37. The van der Waals surface area contributed by atoms with Crippen molar-refractivity contribution >= 4 is 17.3 Å². The van der Waals surface area contributed by atoms with Crippen LogP contribution in [-0.4, -0.2) is 34.3 Å². The highest BCUT2D eigenvalue weighted by atomic mass is 16.5. The molecule has 0 aliphatic rings. The maximum Gasteiger partial charge on any atom is 0.221 e. The Labute approximate surface area is 151 Å². The van der Waals surface area contributed by atoms with Gasteiger partial charge in [0.25, 0.3) is 0 Å². The maximum absolute atomic E-state index is 11.3. The first kappa shape index (κ1) is 19.0. The first-order chi connectivity index (χ1) is 12.5. The first-order valence-corrected chi connectivity index (χ1v) is 7.69. The fourth-order valence-electron chi connectivity index (χ4n) is 2.35. The summed E-state index contributed by atoms with van der Waals surface area (Å²) in [5.74, 6) is 1.53. The van der Waals surface area contributed by atoms with E-state index in [0.717, 1.165) is 0 Å². The van der Waals surface area contributed by atoms with Crippen LogP contribution in [0, 0.1) is 0 Å². The van der Waals surface area contributed by atoms with Gasteiger partial charge in [0.2, 0.25) is 11.7 Å². The molecule has 2 N–H and O–H groups in total. The Bertz CT molecular complexity index is 795. The van der Waals surface area contributed by atoms with Crippen molar-refractivity contribution in [2.45, 2.75) is 6.42 Å². The number of azo groups is 1. The van der Waals surface area contributed by atoms with Gasteiger partial charge < -0.3 is 24.7 Å². The van der Waals surface area contributed by atoms with E-state index in [4.69, 9.17) is 24.7 Å². The third kappa shape index (κ3) is 4.41. The van der Waals surface area contributed by atoms with E-state index in [0.29, 0.717) is 39.9 Å². The van der Waals surface area contributed by atoms with Crippen LogP contribution in [0.25, 0.3) is 0 Å². The van der Waals surface area contributed by atoms with Crippen LogP contribution in [0.5, 0.6) is 23.0 Å². The molecule has 0 heterocycles. The standard InChI is InChI=1S/C18H21N3O5/c1-23-13-5-6-14(11(7-13)8-17(19)22)21-20-12-9-15(24-2)18(26-4)16(10-12)25-3/h5-7,9-10H,8H2,1-4H3,(H2,19,22). The smallest absolute Gasteiger partial charge is 0.221 e. The Morgan fingerprint density at radius 2 is 1.58 bits per heavy atom. The number of nitrogens with zero attached hydrogens (tertiary/aromatic N) is 2. The van der Waals surface area contributed by atoms with Crippen molar-refractivity contribution in [3.63, 3.8) is 0 Å². The second kappa shape index (κ2) is 8.70. The summed E-state index contributed by atoms with van der Waals surface area (Å²) in [5, 5.41) is 8.43. The SMILES string of the molecule is COc1ccc(N=Nc2cc(OC)c(OC)c(OC)c2)c(CC(N)=O)c1. The zero-order valence-corrected chi connectivity index (χ0v) is 15.1.